The second-order valence-corrected chi connectivity index (χ2v) is 4.25. The molecule has 1 aliphatic rings. The molecule has 6 heteroatoms. The third-order valence-corrected chi connectivity index (χ3v) is 3.04. The molecular formula is C13H17NO5. The average molecular weight is 267 g/mol. The fraction of sp³-hybridized carbons (Fsp3) is 0.538. The highest BCUT2D eigenvalue weighted by Crippen LogP contribution is 2.14. The van der Waals surface area contributed by atoms with E-state index in [0.717, 1.165) is 12.2 Å². The Bertz CT molecular complexity index is 467. The van der Waals surface area contributed by atoms with Crippen molar-refractivity contribution in [2.75, 3.05) is 26.8 Å². The van der Waals surface area contributed by atoms with Gasteiger partial charge in [0.1, 0.15) is 5.76 Å². The van der Waals surface area contributed by atoms with Crippen LogP contribution in [-0.2, 0) is 20.7 Å². The number of carbonyl (C=O) groups excluding carboxylic acids is 2. The average Bonchev–Trinajstić information content (AvgIpc) is 2.94. The third-order valence-electron chi connectivity index (χ3n) is 3.04. The molecule has 1 atom stereocenters. The number of hydrogen-bond donors (Lipinski definition) is 0. The summed E-state index contributed by atoms with van der Waals surface area (Å²) >= 11 is 0. The Morgan fingerprint density at radius 3 is 2.89 bits per heavy atom. The lowest BCUT2D eigenvalue weighted by Crippen LogP contribution is -2.48. The minimum Gasteiger partial charge on any atom is -0.467 e. The van der Waals surface area contributed by atoms with Crippen molar-refractivity contribution in [3.05, 3.63) is 23.7 Å². The van der Waals surface area contributed by atoms with Crippen LogP contribution in [0.5, 0.6) is 0 Å². The van der Waals surface area contributed by atoms with Crippen molar-refractivity contribution in [2.45, 2.75) is 19.4 Å². The van der Waals surface area contributed by atoms with Crippen molar-refractivity contribution in [2.24, 2.45) is 0 Å². The number of carbonyl (C=O) groups is 2. The van der Waals surface area contributed by atoms with Crippen LogP contribution >= 0.6 is 0 Å². The van der Waals surface area contributed by atoms with Gasteiger partial charge in [0.2, 0.25) is 0 Å². The Labute approximate surface area is 111 Å². The lowest BCUT2D eigenvalue weighted by molar-refractivity contribution is -0.158. The molecule has 0 spiro atoms. The maximum absolute atomic E-state index is 12.2. The summed E-state index contributed by atoms with van der Waals surface area (Å²) < 4.78 is 15.3. The summed E-state index contributed by atoms with van der Waals surface area (Å²) in [6.07, 6.45) is 0.0181. The van der Waals surface area contributed by atoms with Gasteiger partial charge in [0.25, 0.3) is 5.91 Å². The van der Waals surface area contributed by atoms with Crippen LogP contribution in [0.1, 0.15) is 23.2 Å². The van der Waals surface area contributed by atoms with E-state index in [1.807, 2.05) is 6.92 Å². The molecule has 2 heterocycles. The zero-order valence-corrected chi connectivity index (χ0v) is 11.0. The summed E-state index contributed by atoms with van der Waals surface area (Å²) in [4.78, 5) is 25.2. The zero-order chi connectivity index (χ0) is 13.8. The van der Waals surface area contributed by atoms with Crippen molar-refractivity contribution in [3.63, 3.8) is 0 Å². The minimum absolute atomic E-state index is 0.188. The summed E-state index contributed by atoms with van der Waals surface area (Å²) in [6.45, 7) is 2.89. The second kappa shape index (κ2) is 5.88. The van der Waals surface area contributed by atoms with Gasteiger partial charge >= 0.3 is 5.97 Å². The molecule has 0 N–H and O–H groups in total. The molecule has 1 amide bonds. The second-order valence-electron chi connectivity index (χ2n) is 4.25. The molecule has 19 heavy (non-hydrogen) atoms. The highest BCUT2D eigenvalue weighted by atomic mass is 16.6. The molecule has 1 aromatic heterocycles. The first-order chi connectivity index (χ1) is 9.15. The molecule has 1 unspecified atom stereocenters. The van der Waals surface area contributed by atoms with Crippen LogP contribution in [0.4, 0.5) is 0 Å². The van der Waals surface area contributed by atoms with Gasteiger partial charge in [0, 0.05) is 13.0 Å². The van der Waals surface area contributed by atoms with Crippen LogP contribution < -0.4 is 0 Å². The Hall–Kier alpha value is -1.82. The number of aryl methyl sites for hydroxylation is 1. The predicted molar refractivity (Wildman–Crippen MR) is 65.7 cm³/mol. The maximum atomic E-state index is 12.2. The summed E-state index contributed by atoms with van der Waals surface area (Å²) in [7, 11) is 1.30. The molecule has 104 valence electrons. The number of methoxy groups -OCH3 is 1. The van der Waals surface area contributed by atoms with Crippen LogP contribution in [0.25, 0.3) is 0 Å². The standard InChI is InChI=1S/C13H17NO5/c1-3-9-4-5-10(19-9)12(15)14-6-7-18-11(8-14)13(16)17-2/h4-5,11H,3,6-8H2,1-2H3. The number of rotatable bonds is 3. The van der Waals surface area contributed by atoms with Gasteiger partial charge in [-0.1, -0.05) is 6.92 Å². The van der Waals surface area contributed by atoms with Gasteiger partial charge in [0.15, 0.2) is 11.9 Å². The lowest BCUT2D eigenvalue weighted by atomic mass is 10.2. The number of amides is 1. The third kappa shape index (κ3) is 2.96. The summed E-state index contributed by atoms with van der Waals surface area (Å²) in [5.41, 5.74) is 0. The van der Waals surface area contributed by atoms with E-state index >= 15 is 0 Å². The smallest absolute Gasteiger partial charge is 0.336 e. The van der Waals surface area contributed by atoms with Crippen LogP contribution in [0.15, 0.2) is 16.5 Å². The minimum atomic E-state index is -0.719. The van der Waals surface area contributed by atoms with Gasteiger partial charge < -0.3 is 18.8 Å². The Morgan fingerprint density at radius 1 is 1.47 bits per heavy atom. The van der Waals surface area contributed by atoms with E-state index in [2.05, 4.69) is 4.74 Å². The van der Waals surface area contributed by atoms with E-state index in [1.165, 1.54) is 7.11 Å². The van der Waals surface area contributed by atoms with Crippen LogP contribution in [0.3, 0.4) is 0 Å². The van der Waals surface area contributed by atoms with E-state index in [-0.39, 0.29) is 12.5 Å². The highest BCUT2D eigenvalue weighted by molar-refractivity contribution is 5.92. The van der Waals surface area contributed by atoms with E-state index in [0.29, 0.717) is 18.9 Å². The first-order valence-electron chi connectivity index (χ1n) is 6.23. The van der Waals surface area contributed by atoms with E-state index in [4.69, 9.17) is 9.15 Å². The molecule has 0 bridgehead atoms. The van der Waals surface area contributed by atoms with Crippen LogP contribution in [0, 0.1) is 0 Å². The van der Waals surface area contributed by atoms with Gasteiger partial charge in [-0.3, -0.25) is 4.79 Å². The topological polar surface area (TPSA) is 69.0 Å². The van der Waals surface area contributed by atoms with Gasteiger partial charge in [-0.2, -0.15) is 0 Å². The molecule has 0 aromatic carbocycles. The predicted octanol–water partition coefficient (Wildman–Crippen LogP) is 0.856. The summed E-state index contributed by atoms with van der Waals surface area (Å²) in [5.74, 6) is 0.367. The van der Waals surface area contributed by atoms with Crippen molar-refractivity contribution < 1.29 is 23.5 Å². The summed E-state index contributed by atoms with van der Waals surface area (Å²) in [6, 6.07) is 3.44. The normalized spacial score (nSPS) is 19.3. The van der Waals surface area contributed by atoms with Crippen LogP contribution in [-0.4, -0.2) is 49.7 Å². The number of furan rings is 1. The number of esters is 1. The van der Waals surface area contributed by atoms with Crippen molar-refractivity contribution >= 4 is 11.9 Å². The van der Waals surface area contributed by atoms with E-state index < -0.39 is 12.1 Å². The first kappa shape index (κ1) is 13.6. The Kier molecular flexibility index (Phi) is 4.21. The molecule has 0 saturated carbocycles. The van der Waals surface area contributed by atoms with Crippen LogP contribution in [0.2, 0.25) is 0 Å². The fourth-order valence-corrected chi connectivity index (χ4v) is 1.95. The molecule has 0 aliphatic carbocycles. The van der Waals surface area contributed by atoms with Crippen molar-refractivity contribution in [1.29, 1.82) is 0 Å². The zero-order valence-electron chi connectivity index (χ0n) is 11.0. The van der Waals surface area contributed by atoms with Gasteiger partial charge in [-0.05, 0) is 12.1 Å². The quantitative estimate of drug-likeness (QED) is 0.760. The first-order valence-corrected chi connectivity index (χ1v) is 6.23. The number of ether oxygens (including phenoxy) is 2. The van der Waals surface area contributed by atoms with Crippen molar-refractivity contribution in [3.8, 4) is 0 Å². The SMILES string of the molecule is CCc1ccc(C(=O)N2CCOC(C(=O)OC)C2)o1. The molecule has 1 saturated heterocycles. The van der Waals surface area contributed by atoms with Crippen molar-refractivity contribution in [1.82, 2.24) is 4.90 Å². The molecule has 1 aromatic rings. The van der Waals surface area contributed by atoms with Gasteiger partial charge in [-0.25, -0.2) is 4.79 Å². The molecular weight excluding hydrogens is 250 g/mol. The molecule has 2 rings (SSSR count). The maximum Gasteiger partial charge on any atom is 0.336 e. The lowest BCUT2D eigenvalue weighted by Gasteiger charge is -2.30. The molecule has 1 aliphatic heterocycles. The van der Waals surface area contributed by atoms with Gasteiger partial charge in [0.05, 0.1) is 20.3 Å². The van der Waals surface area contributed by atoms with E-state index in [9.17, 15) is 9.59 Å². The number of nitrogens with zero attached hydrogens (tertiary/aromatic N) is 1. The van der Waals surface area contributed by atoms with E-state index in [1.54, 1.807) is 17.0 Å². The largest absolute Gasteiger partial charge is 0.467 e. The number of morpholine rings is 1. The number of hydrogen-bond acceptors (Lipinski definition) is 5. The fourth-order valence-electron chi connectivity index (χ4n) is 1.95. The molecule has 6 nitrogen and oxygen atoms in total. The monoisotopic (exact) mass is 267 g/mol. The Balaban J connectivity index is 2.04. The summed E-state index contributed by atoms with van der Waals surface area (Å²) in [5, 5.41) is 0. The molecule has 0 radical (unpaired) electrons. The molecule has 1 fully saturated rings. The highest BCUT2D eigenvalue weighted by Gasteiger charge is 2.31. The Morgan fingerprint density at radius 2 is 2.26 bits per heavy atom. The van der Waals surface area contributed by atoms with Gasteiger partial charge in [-0.15, -0.1) is 0 Å².